The van der Waals surface area contributed by atoms with Crippen LogP contribution in [-0.2, 0) is 25.7 Å². The van der Waals surface area contributed by atoms with Crippen LogP contribution >= 0.6 is 15.9 Å². The number of carbonyl (C=O) groups is 2. The number of halogens is 1. The summed E-state index contributed by atoms with van der Waals surface area (Å²) in [6.07, 6.45) is 1.82. The SMILES string of the molecule is COc1cc([C@@H](c2c[nH]c3ccccc23)C2C(=O)OC(C)(C)OC2=O)cc(Br)c1OCc1cccc2ccccc12. The maximum Gasteiger partial charge on any atom is 0.324 e. The highest BCUT2D eigenvalue weighted by atomic mass is 79.9. The summed E-state index contributed by atoms with van der Waals surface area (Å²) in [6, 6.07) is 25.6. The fourth-order valence-electron chi connectivity index (χ4n) is 5.53. The zero-order chi connectivity index (χ0) is 28.7. The quantitative estimate of drug-likeness (QED) is 0.154. The Balaban J connectivity index is 1.42. The molecule has 7 nitrogen and oxygen atoms in total. The highest BCUT2D eigenvalue weighted by Crippen LogP contribution is 2.45. The van der Waals surface area contributed by atoms with Crippen molar-refractivity contribution in [3.05, 3.63) is 106 Å². The number of rotatable bonds is 7. The third-order valence-electron chi connectivity index (χ3n) is 7.35. The van der Waals surface area contributed by atoms with Crippen molar-refractivity contribution in [3.8, 4) is 11.5 Å². The van der Waals surface area contributed by atoms with Crippen LogP contribution in [0.3, 0.4) is 0 Å². The first kappa shape index (κ1) is 26.9. The van der Waals surface area contributed by atoms with Crippen molar-refractivity contribution >= 4 is 49.5 Å². The van der Waals surface area contributed by atoms with Gasteiger partial charge in [-0.15, -0.1) is 0 Å². The van der Waals surface area contributed by atoms with Crippen LogP contribution in [0.2, 0.25) is 0 Å². The average molecular weight is 614 g/mol. The second kappa shape index (κ2) is 10.6. The van der Waals surface area contributed by atoms with E-state index in [0.717, 1.165) is 32.8 Å². The van der Waals surface area contributed by atoms with E-state index in [-0.39, 0.29) is 0 Å². The molecule has 1 saturated heterocycles. The largest absolute Gasteiger partial charge is 0.493 e. The smallest absolute Gasteiger partial charge is 0.324 e. The molecule has 1 fully saturated rings. The van der Waals surface area contributed by atoms with Crippen molar-refractivity contribution < 1.29 is 28.5 Å². The lowest BCUT2D eigenvalue weighted by atomic mass is 9.80. The summed E-state index contributed by atoms with van der Waals surface area (Å²) in [5.74, 6) is -3.61. The highest BCUT2D eigenvalue weighted by Gasteiger charge is 2.49. The van der Waals surface area contributed by atoms with Crippen molar-refractivity contribution in [2.45, 2.75) is 32.2 Å². The lowest BCUT2D eigenvalue weighted by Gasteiger charge is -2.36. The molecule has 4 aromatic carbocycles. The molecule has 1 aliphatic rings. The number of ether oxygens (including phenoxy) is 4. The fraction of sp³-hybridized carbons (Fsp3) is 0.212. The molecule has 0 spiro atoms. The summed E-state index contributed by atoms with van der Waals surface area (Å²) < 4.78 is 23.8. The summed E-state index contributed by atoms with van der Waals surface area (Å²) >= 11 is 3.67. The number of aromatic nitrogens is 1. The molecular weight excluding hydrogens is 586 g/mol. The van der Waals surface area contributed by atoms with Gasteiger partial charge in [-0.25, -0.2) is 0 Å². The van der Waals surface area contributed by atoms with Crippen LogP contribution in [0, 0.1) is 5.92 Å². The zero-order valence-corrected chi connectivity index (χ0v) is 24.4. The number of para-hydroxylation sites is 1. The molecule has 1 N–H and O–H groups in total. The number of H-pyrrole nitrogens is 1. The monoisotopic (exact) mass is 613 g/mol. The van der Waals surface area contributed by atoms with Gasteiger partial charge in [-0.05, 0) is 61.6 Å². The molecule has 0 unspecified atom stereocenters. The van der Waals surface area contributed by atoms with Crippen LogP contribution in [0.25, 0.3) is 21.7 Å². The Bertz CT molecular complexity index is 1770. The number of benzene rings is 4. The molecule has 5 aromatic rings. The number of methoxy groups -OCH3 is 1. The van der Waals surface area contributed by atoms with E-state index in [0.29, 0.717) is 28.1 Å². The van der Waals surface area contributed by atoms with E-state index in [1.165, 1.54) is 0 Å². The Labute approximate surface area is 245 Å². The van der Waals surface area contributed by atoms with Gasteiger partial charge in [0, 0.05) is 36.9 Å². The van der Waals surface area contributed by atoms with Crippen molar-refractivity contribution in [1.82, 2.24) is 4.98 Å². The zero-order valence-electron chi connectivity index (χ0n) is 22.8. The molecule has 0 amide bonds. The van der Waals surface area contributed by atoms with Crippen LogP contribution in [-0.4, -0.2) is 29.8 Å². The molecule has 0 bridgehead atoms. The third-order valence-corrected chi connectivity index (χ3v) is 7.94. The predicted molar refractivity (Wildman–Crippen MR) is 159 cm³/mol. The standard InChI is InChI=1S/C33H28BrNO6/c1-33(2)40-31(36)29(32(37)41-33)28(24-17-35-26-14-7-6-13-23(24)26)21-15-25(34)30(27(16-21)38-3)39-18-20-11-8-10-19-9-4-5-12-22(19)20/h4-17,28-29,35H,18H2,1-3H3/t28-/m0/s1. The molecule has 0 radical (unpaired) electrons. The Morgan fingerprint density at radius 1 is 0.927 bits per heavy atom. The van der Waals surface area contributed by atoms with Gasteiger partial charge < -0.3 is 23.9 Å². The van der Waals surface area contributed by atoms with Gasteiger partial charge in [0.05, 0.1) is 11.6 Å². The minimum atomic E-state index is -1.34. The molecule has 2 heterocycles. The molecule has 1 atom stereocenters. The maximum absolute atomic E-state index is 13.3. The van der Waals surface area contributed by atoms with Crippen molar-refractivity contribution in [2.75, 3.05) is 7.11 Å². The van der Waals surface area contributed by atoms with E-state index < -0.39 is 29.6 Å². The lowest BCUT2D eigenvalue weighted by Crippen LogP contribution is -2.48. The van der Waals surface area contributed by atoms with E-state index in [4.69, 9.17) is 18.9 Å². The van der Waals surface area contributed by atoms with E-state index in [1.807, 2.05) is 60.8 Å². The second-order valence-corrected chi connectivity index (χ2v) is 11.3. The third kappa shape index (κ3) is 5.04. The number of aromatic amines is 1. The molecular formula is C33H28BrNO6. The Morgan fingerprint density at radius 3 is 2.37 bits per heavy atom. The molecule has 41 heavy (non-hydrogen) atoms. The highest BCUT2D eigenvalue weighted by molar-refractivity contribution is 9.10. The molecule has 8 heteroatoms. The topological polar surface area (TPSA) is 86.9 Å². The van der Waals surface area contributed by atoms with Crippen LogP contribution in [0.1, 0.15) is 36.5 Å². The first-order valence-corrected chi connectivity index (χ1v) is 14.0. The van der Waals surface area contributed by atoms with Gasteiger partial charge in [-0.2, -0.15) is 0 Å². The number of hydrogen-bond donors (Lipinski definition) is 1. The van der Waals surface area contributed by atoms with E-state index in [1.54, 1.807) is 27.0 Å². The summed E-state index contributed by atoms with van der Waals surface area (Å²) in [5.41, 5.74) is 3.34. The summed E-state index contributed by atoms with van der Waals surface area (Å²) in [5, 5.41) is 3.12. The fourth-order valence-corrected chi connectivity index (χ4v) is 6.11. The van der Waals surface area contributed by atoms with Crippen LogP contribution in [0.4, 0.5) is 0 Å². The number of cyclic esters (lactones) is 2. The first-order valence-electron chi connectivity index (χ1n) is 13.2. The van der Waals surface area contributed by atoms with E-state index >= 15 is 0 Å². The van der Waals surface area contributed by atoms with Crippen molar-refractivity contribution in [2.24, 2.45) is 5.92 Å². The lowest BCUT2D eigenvalue weighted by molar-refractivity contribution is -0.240. The Hall–Kier alpha value is -4.30. The minimum Gasteiger partial charge on any atom is -0.493 e. The van der Waals surface area contributed by atoms with E-state index in [2.05, 4.69) is 39.1 Å². The summed E-state index contributed by atoms with van der Waals surface area (Å²) in [6.45, 7) is 3.40. The molecule has 6 rings (SSSR count). The normalized spacial score (nSPS) is 15.9. The number of hydrogen-bond acceptors (Lipinski definition) is 6. The van der Waals surface area contributed by atoms with Crippen LogP contribution in [0.15, 0.2) is 89.5 Å². The van der Waals surface area contributed by atoms with Gasteiger partial charge in [0.15, 0.2) is 17.4 Å². The van der Waals surface area contributed by atoms with Gasteiger partial charge >= 0.3 is 11.9 Å². The number of fused-ring (bicyclic) bond motifs is 2. The average Bonchev–Trinajstić information content (AvgIpc) is 3.37. The number of carbonyl (C=O) groups excluding carboxylic acids is 2. The van der Waals surface area contributed by atoms with Crippen molar-refractivity contribution in [3.63, 3.8) is 0 Å². The second-order valence-electron chi connectivity index (χ2n) is 10.4. The van der Waals surface area contributed by atoms with Crippen LogP contribution in [0.5, 0.6) is 11.5 Å². The number of nitrogens with one attached hydrogen (secondary N) is 1. The van der Waals surface area contributed by atoms with Gasteiger partial charge in [0.1, 0.15) is 6.61 Å². The summed E-state index contributed by atoms with van der Waals surface area (Å²) in [7, 11) is 1.56. The molecule has 1 aliphatic heterocycles. The summed E-state index contributed by atoms with van der Waals surface area (Å²) in [4.78, 5) is 29.9. The minimum absolute atomic E-state index is 0.317. The first-order chi connectivity index (χ1) is 19.8. The van der Waals surface area contributed by atoms with Gasteiger partial charge in [-0.3, -0.25) is 9.59 Å². The molecule has 0 saturated carbocycles. The molecule has 208 valence electrons. The Kier molecular flexibility index (Phi) is 6.95. The van der Waals surface area contributed by atoms with Gasteiger partial charge in [-0.1, -0.05) is 60.7 Å². The van der Waals surface area contributed by atoms with Crippen LogP contribution < -0.4 is 9.47 Å². The molecule has 1 aromatic heterocycles. The van der Waals surface area contributed by atoms with Crippen molar-refractivity contribution in [1.29, 1.82) is 0 Å². The van der Waals surface area contributed by atoms with Gasteiger partial charge in [0.2, 0.25) is 0 Å². The van der Waals surface area contributed by atoms with E-state index in [9.17, 15) is 9.59 Å². The molecule has 0 aliphatic carbocycles. The van der Waals surface area contributed by atoms with Gasteiger partial charge in [0.25, 0.3) is 5.79 Å². The number of esters is 2. The maximum atomic E-state index is 13.3. The predicted octanol–water partition coefficient (Wildman–Crippen LogP) is 7.26. The Morgan fingerprint density at radius 2 is 1.61 bits per heavy atom.